The molecule has 16 heavy (non-hydrogen) atoms. The average Bonchev–Trinajstić information content (AvgIpc) is 2.28. The molecule has 0 spiro atoms. The number of anilines is 1. The molecule has 1 fully saturated rings. The summed E-state index contributed by atoms with van der Waals surface area (Å²) in [6.07, 6.45) is 1.43. The first kappa shape index (κ1) is 11.3. The highest BCUT2D eigenvalue weighted by Gasteiger charge is 2.21. The molecule has 1 aliphatic heterocycles. The van der Waals surface area contributed by atoms with E-state index in [0.29, 0.717) is 17.1 Å². The van der Waals surface area contributed by atoms with E-state index in [1.165, 1.54) is 0 Å². The monoisotopic (exact) mass is 236 g/mol. The maximum atomic E-state index is 9.63. The molecule has 0 aliphatic carbocycles. The third-order valence-corrected chi connectivity index (χ3v) is 3.12. The molecule has 0 unspecified atom stereocenters. The number of para-hydroxylation sites is 1. The van der Waals surface area contributed by atoms with E-state index < -0.39 is 0 Å². The normalized spacial score (nSPS) is 20.6. The van der Waals surface area contributed by atoms with Crippen LogP contribution >= 0.6 is 11.6 Å². The molecule has 3 nitrogen and oxygen atoms in total. The van der Waals surface area contributed by atoms with Crippen molar-refractivity contribution in [2.45, 2.75) is 18.9 Å². The fourth-order valence-corrected chi connectivity index (χ4v) is 2.38. The van der Waals surface area contributed by atoms with Gasteiger partial charge in [0.15, 0.2) is 0 Å². The molecule has 84 valence electrons. The number of aliphatic hydroxyl groups is 1. The molecule has 1 aliphatic rings. The predicted octanol–water partition coefficient (Wildman–Crippen LogP) is 2.17. The van der Waals surface area contributed by atoms with Crippen molar-refractivity contribution >= 4 is 17.3 Å². The number of nitriles is 1. The molecule has 1 aromatic carbocycles. The van der Waals surface area contributed by atoms with Crippen LogP contribution in [0.4, 0.5) is 5.69 Å². The first-order chi connectivity index (χ1) is 7.72. The van der Waals surface area contributed by atoms with Gasteiger partial charge in [-0.15, -0.1) is 0 Å². The molecule has 2 rings (SSSR count). The Kier molecular flexibility index (Phi) is 3.33. The average molecular weight is 237 g/mol. The second kappa shape index (κ2) is 4.73. The number of hydrogen-bond donors (Lipinski definition) is 1. The third kappa shape index (κ3) is 2.13. The first-order valence-electron chi connectivity index (χ1n) is 5.34. The second-order valence-corrected chi connectivity index (χ2v) is 4.40. The molecular formula is C12H13ClN2O. The van der Waals surface area contributed by atoms with Crippen molar-refractivity contribution in [3.8, 4) is 6.07 Å². The number of aliphatic hydroxyl groups excluding tert-OH is 1. The number of nitrogens with zero attached hydrogens (tertiary/aromatic N) is 2. The molecule has 1 atom stereocenters. The number of rotatable bonds is 1. The number of β-amino-alcohol motifs (C(OH)–C–C–N with tert-alkyl or cyclic N) is 1. The lowest BCUT2D eigenvalue weighted by Gasteiger charge is -2.33. The Balaban J connectivity index is 2.35. The van der Waals surface area contributed by atoms with E-state index in [2.05, 4.69) is 6.07 Å². The Morgan fingerprint density at radius 2 is 2.31 bits per heavy atom. The number of piperidine rings is 1. The minimum atomic E-state index is -0.323. The number of halogens is 1. The number of hydrogen-bond acceptors (Lipinski definition) is 3. The van der Waals surface area contributed by atoms with Gasteiger partial charge < -0.3 is 10.0 Å². The van der Waals surface area contributed by atoms with E-state index in [9.17, 15) is 5.11 Å². The molecule has 1 N–H and O–H groups in total. The van der Waals surface area contributed by atoms with Crippen molar-refractivity contribution in [3.63, 3.8) is 0 Å². The van der Waals surface area contributed by atoms with Crippen molar-refractivity contribution in [1.82, 2.24) is 0 Å². The molecule has 0 bridgehead atoms. The molecule has 1 heterocycles. The van der Waals surface area contributed by atoms with Gasteiger partial charge in [0.1, 0.15) is 6.07 Å². The molecule has 1 saturated heterocycles. The first-order valence-corrected chi connectivity index (χ1v) is 5.72. The van der Waals surface area contributed by atoms with Gasteiger partial charge in [-0.3, -0.25) is 0 Å². The van der Waals surface area contributed by atoms with E-state index in [1.54, 1.807) is 18.2 Å². The van der Waals surface area contributed by atoms with Crippen LogP contribution < -0.4 is 4.90 Å². The van der Waals surface area contributed by atoms with E-state index in [4.69, 9.17) is 16.9 Å². The summed E-state index contributed by atoms with van der Waals surface area (Å²) in [5, 5.41) is 19.2. The summed E-state index contributed by atoms with van der Waals surface area (Å²) >= 11 is 6.11. The Labute approximate surface area is 99.9 Å². The van der Waals surface area contributed by atoms with Gasteiger partial charge in [0.2, 0.25) is 0 Å². The van der Waals surface area contributed by atoms with Crippen LogP contribution in [0.3, 0.4) is 0 Å². The highest BCUT2D eigenvalue weighted by molar-refractivity contribution is 6.33. The molecule has 1 aromatic rings. The van der Waals surface area contributed by atoms with Crippen LogP contribution in [0, 0.1) is 11.3 Å². The number of benzene rings is 1. The van der Waals surface area contributed by atoms with Gasteiger partial charge in [0.25, 0.3) is 0 Å². The largest absolute Gasteiger partial charge is 0.391 e. The molecular weight excluding hydrogens is 224 g/mol. The highest BCUT2D eigenvalue weighted by Crippen LogP contribution is 2.31. The van der Waals surface area contributed by atoms with Crippen LogP contribution in [0.2, 0.25) is 5.02 Å². The summed E-state index contributed by atoms with van der Waals surface area (Å²) < 4.78 is 0. The van der Waals surface area contributed by atoms with E-state index in [0.717, 1.165) is 25.1 Å². The van der Waals surface area contributed by atoms with Crippen LogP contribution in [-0.4, -0.2) is 24.3 Å². The van der Waals surface area contributed by atoms with E-state index in [1.807, 2.05) is 4.90 Å². The minimum Gasteiger partial charge on any atom is -0.391 e. The smallest absolute Gasteiger partial charge is 0.101 e. The highest BCUT2D eigenvalue weighted by atomic mass is 35.5. The zero-order chi connectivity index (χ0) is 11.5. The zero-order valence-corrected chi connectivity index (χ0v) is 9.61. The lowest BCUT2D eigenvalue weighted by atomic mass is 10.1. The van der Waals surface area contributed by atoms with Gasteiger partial charge in [-0.1, -0.05) is 17.7 Å². The third-order valence-electron chi connectivity index (χ3n) is 2.82. The van der Waals surface area contributed by atoms with Gasteiger partial charge in [0.05, 0.1) is 22.4 Å². The summed E-state index contributed by atoms with van der Waals surface area (Å²) in [4.78, 5) is 2.00. The maximum Gasteiger partial charge on any atom is 0.101 e. The fraction of sp³-hybridized carbons (Fsp3) is 0.417. The van der Waals surface area contributed by atoms with Crippen molar-refractivity contribution in [2.75, 3.05) is 18.0 Å². The lowest BCUT2D eigenvalue weighted by molar-refractivity contribution is 0.154. The van der Waals surface area contributed by atoms with Crippen molar-refractivity contribution in [2.24, 2.45) is 0 Å². The molecule has 0 amide bonds. The van der Waals surface area contributed by atoms with Crippen LogP contribution in [0.15, 0.2) is 18.2 Å². The summed E-state index contributed by atoms with van der Waals surface area (Å²) in [5.41, 5.74) is 1.33. The van der Waals surface area contributed by atoms with Crippen LogP contribution in [-0.2, 0) is 0 Å². The second-order valence-electron chi connectivity index (χ2n) is 3.99. The van der Waals surface area contributed by atoms with Crippen LogP contribution in [0.1, 0.15) is 18.4 Å². The standard InChI is InChI=1S/C12H13ClN2O/c13-11-5-1-3-9(7-14)12(11)15-6-2-4-10(16)8-15/h1,3,5,10,16H,2,4,6,8H2/t10-/m0/s1. The fourth-order valence-electron chi connectivity index (χ4n) is 2.08. The van der Waals surface area contributed by atoms with Gasteiger partial charge in [0, 0.05) is 13.1 Å². The van der Waals surface area contributed by atoms with Gasteiger partial charge in [-0.2, -0.15) is 5.26 Å². The van der Waals surface area contributed by atoms with Crippen molar-refractivity contribution in [3.05, 3.63) is 28.8 Å². The lowest BCUT2D eigenvalue weighted by Crippen LogP contribution is -2.38. The van der Waals surface area contributed by atoms with E-state index >= 15 is 0 Å². The zero-order valence-electron chi connectivity index (χ0n) is 8.86. The summed E-state index contributed by atoms with van der Waals surface area (Å²) in [6.45, 7) is 1.40. The minimum absolute atomic E-state index is 0.323. The maximum absolute atomic E-state index is 9.63. The van der Waals surface area contributed by atoms with Crippen LogP contribution in [0.5, 0.6) is 0 Å². The quantitative estimate of drug-likeness (QED) is 0.813. The topological polar surface area (TPSA) is 47.3 Å². The van der Waals surface area contributed by atoms with Crippen molar-refractivity contribution in [1.29, 1.82) is 5.26 Å². The predicted molar refractivity (Wildman–Crippen MR) is 63.6 cm³/mol. The Bertz CT molecular complexity index is 428. The Hall–Kier alpha value is -1.24. The van der Waals surface area contributed by atoms with Gasteiger partial charge in [-0.05, 0) is 25.0 Å². The van der Waals surface area contributed by atoms with Crippen molar-refractivity contribution < 1.29 is 5.11 Å². The SMILES string of the molecule is N#Cc1cccc(Cl)c1N1CCC[C@H](O)C1. The molecule has 0 aromatic heterocycles. The van der Waals surface area contributed by atoms with E-state index in [-0.39, 0.29) is 6.10 Å². The van der Waals surface area contributed by atoms with Gasteiger partial charge in [-0.25, -0.2) is 0 Å². The molecule has 4 heteroatoms. The summed E-state index contributed by atoms with van der Waals surface area (Å²) in [5.74, 6) is 0. The Morgan fingerprint density at radius 3 is 3.00 bits per heavy atom. The summed E-state index contributed by atoms with van der Waals surface area (Å²) in [7, 11) is 0. The molecule has 0 radical (unpaired) electrons. The van der Waals surface area contributed by atoms with Crippen LogP contribution in [0.25, 0.3) is 0 Å². The Morgan fingerprint density at radius 1 is 1.50 bits per heavy atom. The summed E-state index contributed by atoms with van der Waals surface area (Å²) in [6, 6.07) is 7.44. The molecule has 0 saturated carbocycles. The van der Waals surface area contributed by atoms with Gasteiger partial charge >= 0.3 is 0 Å².